The van der Waals surface area contributed by atoms with Crippen LogP contribution in [-0.2, 0) is 10.1 Å². The van der Waals surface area contributed by atoms with Gasteiger partial charge < -0.3 is 9.84 Å². The van der Waals surface area contributed by atoms with Crippen LogP contribution in [0.2, 0.25) is 0 Å². The first-order valence-electron chi connectivity index (χ1n) is 4.70. The van der Waals surface area contributed by atoms with Crippen molar-refractivity contribution in [3.63, 3.8) is 0 Å². The summed E-state index contributed by atoms with van der Waals surface area (Å²) in [6, 6.07) is 7.18. The Hall–Kier alpha value is -1.79. The number of hydrogen-bond acceptors (Lipinski definition) is 4. The summed E-state index contributed by atoms with van der Waals surface area (Å²) in [4.78, 5) is -0.324. The lowest BCUT2D eigenvalue weighted by atomic mass is 10.1. The van der Waals surface area contributed by atoms with Crippen molar-refractivity contribution in [1.29, 1.82) is 0 Å². The van der Waals surface area contributed by atoms with Gasteiger partial charge in [0.05, 0.1) is 7.11 Å². The molecule has 2 aromatic carbocycles. The summed E-state index contributed by atoms with van der Waals surface area (Å²) in [5, 5.41) is 10.3. The summed E-state index contributed by atoms with van der Waals surface area (Å²) in [7, 11) is -2.93. The van der Waals surface area contributed by atoms with Gasteiger partial charge >= 0.3 is 0 Å². The van der Waals surface area contributed by atoms with E-state index in [9.17, 15) is 13.5 Å². The normalized spacial score (nSPS) is 11.6. The molecule has 5 nitrogen and oxygen atoms in total. The zero-order chi connectivity index (χ0) is 12.6. The van der Waals surface area contributed by atoms with Gasteiger partial charge in [0.1, 0.15) is 16.4 Å². The number of hydrogen-bond donors (Lipinski definition) is 2. The van der Waals surface area contributed by atoms with E-state index in [1.54, 1.807) is 12.1 Å². The molecule has 0 amide bonds. The maximum atomic E-state index is 11.2. The fraction of sp³-hybridized carbons (Fsp3) is 0.0909. The smallest absolute Gasteiger partial charge is 0.295 e. The lowest BCUT2D eigenvalue weighted by molar-refractivity contribution is 0.409. The van der Waals surface area contributed by atoms with Crippen LogP contribution in [0.4, 0.5) is 0 Å². The molecular weight excluding hydrogens is 244 g/mol. The molecule has 0 unspecified atom stereocenters. The Labute approximate surface area is 98.0 Å². The first kappa shape index (κ1) is 11.7. The first-order valence-corrected chi connectivity index (χ1v) is 6.14. The number of phenolic OH excluding ortho intramolecular Hbond substituents is 1. The Morgan fingerprint density at radius 1 is 1.24 bits per heavy atom. The van der Waals surface area contributed by atoms with Crippen LogP contribution in [0.25, 0.3) is 10.8 Å². The molecule has 17 heavy (non-hydrogen) atoms. The third-order valence-electron chi connectivity index (χ3n) is 2.40. The van der Waals surface area contributed by atoms with E-state index in [1.807, 2.05) is 0 Å². The lowest BCUT2D eigenvalue weighted by Crippen LogP contribution is -1.99. The Bertz CT molecular complexity index is 676. The van der Waals surface area contributed by atoms with Gasteiger partial charge in [-0.25, -0.2) is 0 Å². The van der Waals surface area contributed by atoms with E-state index in [0.29, 0.717) is 11.1 Å². The van der Waals surface area contributed by atoms with Crippen LogP contribution in [0, 0.1) is 0 Å². The molecule has 0 aliphatic carbocycles. The van der Waals surface area contributed by atoms with Crippen LogP contribution in [0.1, 0.15) is 0 Å². The highest BCUT2D eigenvalue weighted by Crippen LogP contribution is 2.34. The molecule has 0 aliphatic rings. The first-order chi connectivity index (χ1) is 7.93. The van der Waals surface area contributed by atoms with Crippen molar-refractivity contribution >= 4 is 20.9 Å². The molecule has 0 saturated carbocycles. The number of fused-ring (bicyclic) bond motifs is 1. The Morgan fingerprint density at radius 2 is 1.94 bits per heavy atom. The molecule has 6 heteroatoms. The molecule has 0 heterocycles. The highest BCUT2D eigenvalue weighted by Gasteiger charge is 2.17. The largest absolute Gasteiger partial charge is 0.507 e. The van der Waals surface area contributed by atoms with E-state index in [0.717, 1.165) is 0 Å². The van der Waals surface area contributed by atoms with Crippen molar-refractivity contribution in [3.05, 3.63) is 30.3 Å². The third-order valence-corrected chi connectivity index (χ3v) is 3.30. The van der Waals surface area contributed by atoms with Crippen molar-refractivity contribution in [2.24, 2.45) is 0 Å². The molecular formula is C11H10O5S. The van der Waals surface area contributed by atoms with Crippen LogP contribution in [0.15, 0.2) is 35.2 Å². The van der Waals surface area contributed by atoms with E-state index in [-0.39, 0.29) is 16.0 Å². The van der Waals surface area contributed by atoms with E-state index in [4.69, 9.17) is 9.29 Å². The average Bonchev–Trinajstić information content (AvgIpc) is 2.26. The summed E-state index contributed by atoms with van der Waals surface area (Å²) in [5.41, 5.74) is 0. The number of aromatic hydroxyl groups is 1. The quantitative estimate of drug-likeness (QED) is 0.798. The second-order valence-corrected chi connectivity index (χ2v) is 4.87. The fourth-order valence-electron chi connectivity index (χ4n) is 1.68. The van der Waals surface area contributed by atoms with Gasteiger partial charge in [-0.2, -0.15) is 8.42 Å². The van der Waals surface area contributed by atoms with Crippen LogP contribution in [-0.4, -0.2) is 25.2 Å². The monoisotopic (exact) mass is 254 g/mol. The summed E-state index contributed by atoms with van der Waals surface area (Å²) < 4.78 is 36.4. The number of phenols is 1. The van der Waals surface area contributed by atoms with E-state index < -0.39 is 10.1 Å². The van der Waals surface area contributed by atoms with Gasteiger partial charge in [0.15, 0.2) is 0 Å². The fourth-order valence-corrected chi connectivity index (χ4v) is 2.41. The second kappa shape index (κ2) is 3.90. The van der Waals surface area contributed by atoms with Crippen LogP contribution >= 0.6 is 0 Å². The highest BCUT2D eigenvalue weighted by molar-refractivity contribution is 7.86. The molecule has 2 rings (SSSR count). The van der Waals surface area contributed by atoms with Gasteiger partial charge in [-0.15, -0.1) is 0 Å². The van der Waals surface area contributed by atoms with Crippen LogP contribution < -0.4 is 4.74 Å². The molecule has 0 spiro atoms. The summed E-state index contributed by atoms with van der Waals surface area (Å²) >= 11 is 0. The standard InChI is InChI=1S/C11H10O5S/c1-16-8-5-7-3-2-4-10(17(13,14)15)11(7)9(12)6-8/h2-6,12H,1H3,(H,13,14,15). The van der Waals surface area contributed by atoms with E-state index in [2.05, 4.69) is 0 Å². The zero-order valence-electron chi connectivity index (χ0n) is 8.91. The van der Waals surface area contributed by atoms with Gasteiger partial charge in [0, 0.05) is 11.5 Å². The Morgan fingerprint density at radius 3 is 2.53 bits per heavy atom. The molecule has 0 bridgehead atoms. The van der Waals surface area contributed by atoms with Crippen molar-refractivity contribution in [2.75, 3.05) is 7.11 Å². The Kier molecular flexibility index (Phi) is 2.68. The maximum absolute atomic E-state index is 11.2. The molecule has 0 saturated heterocycles. The molecule has 0 radical (unpaired) electrons. The topological polar surface area (TPSA) is 83.8 Å². The van der Waals surface area contributed by atoms with Gasteiger partial charge in [0.25, 0.3) is 10.1 Å². The molecule has 2 N–H and O–H groups in total. The predicted octanol–water partition coefficient (Wildman–Crippen LogP) is 1.80. The van der Waals surface area contributed by atoms with E-state index >= 15 is 0 Å². The van der Waals surface area contributed by atoms with Crippen molar-refractivity contribution < 1.29 is 22.8 Å². The number of methoxy groups -OCH3 is 1. The third kappa shape index (κ3) is 2.04. The number of benzene rings is 2. The number of ether oxygens (including phenoxy) is 1. The predicted molar refractivity (Wildman–Crippen MR) is 62.0 cm³/mol. The number of rotatable bonds is 2. The molecule has 0 aliphatic heterocycles. The van der Waals surface area contributed by atoms with Gasteiger partial charge in [-0.3, -0.25) is 4.55 Å². The molecule has 2 aromatic rings. The summed E-state index contributed by atoms with van der Waals surface area (Å²) in [6.07, 6.45) is 0. The van der Waals surface area contributed by atoms with Gasteiger partial charge in [-0.1, -0.05) is 12.1 Å². The minimum Gasteiger partial charge on any atom is -0.507 e. The lowest BCUT2D eigenvalue weighted by Gasteiger charge is -2.08. The van der Waals surface area contributed by atoms with Gasteiger partial charge in [-0.05, 0) is 17.5 Å². The minimum atomic E-state index is -4.37. The maximum Gasteiger partial charge on any atom is 0.295 e. The zero-order valence-corrected chi connectivity index (χ0v) is 9.73. The minimum absolute atomic E-state index is 0.0794. The molecule has 90 valence electrons. The second-order valence-electron chi connectivity index (χ2n) is 3.48. The van der Waals surface area contributed by atoms with E-state index in [1.165, 1.54) is 25.3 Å². The summed E-state index contributed by atoms with van der Waals surface area (Å²) in [5.74, 6) is 0.148. The molecule has 0 atom stereocenters. The van der Waals surface area contributed by atoms with Gasteiger partial charge in [0.2, 0.25) is 0 Å². The van der Waals surface area contributed by atoms with Crippen LogP contribution in [0.5, 0.6) is 11.5 Å². The molecule has 0 aromatic heterocycles. The van der Waals surface area contributed by atoms with Crippen molar-refractivity contribution in [3.8, 4) is 11.5 Å². The average molecular weight is 254 g/mol. The highest BCUT2D eigenvalue weighted by atomic mass is 32.2. The van der Waals surface area contributed by atoms with Crippen molar-refractivity contribution in [2.45, 2.75) is 4.90 Å². The molecule has 0 fully saturated rings. The summed E-state index contributed by atoms with van der Waals surface area (Å²) in [6.45, 7) is 0. The van der Waals surface area contributed by atoms with Crippen LogP contribution in [0.3, 0.4) is 0 Å². The Balaban J connectivity index is 2.91. The van der Waals surface area contributed by atoms with Crippen molar-refractivity contribution in [1.82, 2.24) is 0 Å². The SMILES string of the molecule is COc1cc(O)c2c(S(=O)(=O)O)cccc2c1.